The minimum absolute atomic E-state index is 0.0155. The number of pyridine rings is 1. The molecule has 1 aliphatic heterocycles. The summed E-state index contributed by atoms with van der Waals surface area (Å²) in [5.41, 5.74) is 2.60. The van der Waals surface area contributed by atoms with Crippen molar-refractivity contribution >= 4 is 22.5 Å². The maximum absolute atomic E-state index is 12.7. The van der Waals surface area contributed by atoms with Crippen molar-refractivity contribution in [1.82, 2.24) is 14.5 Å². The molecule has 178 valence electrons. The lowest BCUT2D eigenvalue weighted by molar-refractivity contribution is 0.0992. The van der Waals surface area contributed by atoms with Crippen LogP contribution in [0.4, 0.5) is 5.69 Å². The van der Waals surface area contributed by atoms with Gasteiger partial charge in [-0.05, 0) is 42.7 Å². The Hall–Kier alpha value is -4.04. The number of rotatable bonds is 6. The third-order valence-electron chi connectivity index (χ3n) is 6.50. The van der Waals surface area contributed by atoms with Gasteiger partial charge in [0.25, 0.3) is 5.91 Å². The summed E-state index contributed by atoms with van der Waals surface area (Å²) >= 11 is 0. The third-order valence-corrected chi connectivity index (χ3v) is 6.50. The predicted octanol–water partition coefficient (Wildman–Crippen LogP) is 5.86. The Balaban J connectivity index is 1.48. The number of hydrogen-bond donors (Lipinski definition) is 1. The first-order valence-electron chi connectivity index (χ1n) is 11.7. The lowest BCUT2D eigenvalue weighted by atomic mass is 9.97. The number of benzene rings is 2. The Bertz CT molecular complexity index is 1370. The van der Waals surface area contributed by atoms with E-state index in [1.165, 1.54) is 12.7 Å². The average molecular weight is 470 g/mol. The minimum Gasteiger partial charge on any atom is -0.496 e. The molecule has 0 radical (unpaired) electrons. The Labute approximate surface area is 203 Å². The van der Waals surface area contributed by atoms with E-state index in [-0.39, 0.29) is 17.6 Å². The van der Waals surface area contributed by atoms with E-state index in [1.54, 1.807) is 30.5 Å². The number of aromatic nitrogens is 2. The molecule has 1 saturated heterocycles. The van der Waals surface area contributed by atoms with E-state index >= 15 is 0 Å². The standard InChI is InChI=1S/C27H27N5O3/c1-35-24-14-5-3-11-21(24)26(33)30-29-25-20-10-2-4-13-23(20)32(27(25)34)18-31-16-7-6-12-22(31)19-9-8-15-28-17-19/h2-5,8-11,13-15,17,22,34H,6-7,12,16,18H2,1H3/t22-/m1/s1. The van der Waals surface area contributed by atoms with Gasteiger partial charge in [0, 0.05) is 30.4 Å². The Kier molecular flexibility index (Phi) is 6.54. The van der Waals surface area contributed by atoms with Crippen LogP contribution in [0, 0.1) is 0 Å². The first-order valence-corrected chi connectivity index (χ1v) is 11.7. The normalized spacial score (nSPS) is 16.7. The van der Waals surface area contributed by atoms with Crippen LogP contribution < -0.4 is 4.74 Å². The molecule has 8 nitrogen and oxygen atoms in total. The van der Waals surface area contributed by atoms with Crippen molar-refractivity contribution in [3.63, 3.8) is 0 Å². The molecule has 3 heterocycles. The van der Waals surface area contributed by atoms with E-state index < -0.39 is 5.91 Å². The summed E-state index contributed by atoms with van der Waals surface area (Å²) in [6.45, 7) is 1.40. The first-order chi connectivity index (χ1) is 17.2. The quantitative estimate of drug-likeness (QED) is 0.357. The molecule has 0 saturated carbocycles. The Morgan fingerprint density at radius 3 is 2.77 bits per heavy atom. The maximum atomic E-state index is 12.7. The SMILES string of the molecule is COc1ccccc1C(=O)N=Nc1c(O)n(CN2CCCC[C@@H]2c2cccnc2)c2ccccc12. The number of fused-ring (bicyclic) bond motifs is 1. The van der Waals surface area contributed by atoms with Crippen LogP contribution in [-0.2, 0) is 6.67 Å². The number of methoxy groups -OCH3 is 1. The number of nitrogens with zero attached hydrogens (tertiary/aromatic N) is 5. The van der Waals surface area contributed by atoms with E-state index in [1.807, 2.05) is 41.1 Å². The molecule has 4 aromatic rings. The summed E-state index contributed by atoms with van der Waals surface area (Å²) in [4.78, 5) is 19.4. The van der Waals surface area contributed by atoms with Gasteiger partial charge in [-0.25, -0.2) is 0 Å². The molecule has 0 aliphatic carbocycles. The van der Waals surface area contributed by atoms with Gasteiger partial charge in [0.15, 0.2) is 5.69 Å². The molecular weight excluding hydrogens is 442 g/mol. The number of carbonyl (C=O) groups excluding carboxylic acids is 1. The van der Waals surface area contributed by atoms with Crippen LogP contribution in [-0.4, -0.2) is 39.1 Å². The number of carbonyl (C=O) groups is 1. The molecule has 1 N–H and O–H groups in total. The highest BCUT2D eigenvalue weighted by Crippen LogP contribution is 2.40. The second-order valence-corrected chi connectivity index (χ2v) is 8.57. The van der Waals surface area contributed by atoms with Gasteiger partial charge < -0.3 is 9.84 Å². The highest BCUT2D eigenvalue weighted by molar-refractivity contribution is 5.98. The van der Waals surface area contributed by atoms with Gasteiger partial charge in [0.1, 0.15) is 5.75 Å². The zero-order chi connectivity index (χ0) is 24.2. The average Bonchev–Trinajstić information content (AvgIpc) is 3.18. The molecule has 2 aromatic heterocycles. The summed E-state index contributed by atoms with van der Waals surface area (Å²) in [5.74, 6) is -0.126. The Morgan fingerprint density at radius 2 is 1.94 bits per heavy atom. The fourth-order valence-electron chi connectivity index (χ4n) is 4.78. The smallest absolute Gasteiger partial charge is 0.299 e. The summed E-state index contributed by atoms with van der Waals surface area (Å²) in [5, 5.41) is 20.1. The monoisotopic (exact) mass is 469 g/mol. The summed E-state index contributed by atoms with van der Waals surface area (Å²) < 4.78 is 7.10. The van der Waals surface area contributed by atoms with Gasteiger partial charge >= 0.3 is 0 Å². The van der Waals surface area contributed by atoms with Crippen LogP contribution in [0.1, 0.15) is 41.2 Å². The minimum atomic E-state index is -0.536. The molecule has 0 unspecified atom stereocenters. The number of piperidine rings is 1. The van der Waals surface area contributed by atoms with Crippen LogP contribution in [0.15, 0.2) is 83.3 Å². The van der Waals surface area contributed by atoms with Crippen molar-refractivity contribution < 1.29 is 14.6 Å². The van der Waals surface area contributed by atoms with E-state index in [0.717, 1.165) is 36.7 Å². The lowest BCUT2D eigenvalue weighted by Crippen LogP contribution is -2.34. The Morgan fingerprint density at radius 1 is 1.11 bits per heavy atom. The fraction of sp³-hybridized carbons (Fsp3) is 0.259. The van der Waals surface area contributed by atoms with Gasteiger partial charge in [0.2, 0.25) is 5.88 Å². The second kappa shape index (κ2) is 10.1. The predicted molar refractivity (Wildman–Crippen MR) is 133 cm³/mol. The van der Waals surface area contributed by atoms with Crippen molar-refractivity contribution in [2.75, 3.05) is 13.7 Å². The third kappa shape index (κ3) is 4.52. The van der Waals surface area contributed by atoms with E-state index in [9.17, 15) is 9.90 Å². The number of amides is 1. The molecular formula is C27H27N5O3. The number of likely N-dealkylation sites (tertiary alicyclic amines) is 1. The van der Waals surface area contributed by atoms with Gasteiger partial charge in [0.05, 0.1) is 24.9 Å². The number of para-hydroxylation sites is 2. The number of aromatic hydroxyl groups is 1. The van der Waals surface area contributed by atoms with Crippen LogP contribution in [0.3, 0.4) is 0 Å². The van der Waals surface area contributed by atoms with Crippen LogP contribution in [0.2, 0.25) is 0 Å². The highest BCUT2D eigenvalue weighted by Gasteiger charge is 2.27. The largest absolute Gasteiger partial charge is 0.496 e. The van der Waals surface area contributed by atoms with Crippen LogP contribution in [0.25, 0.3) is 10.9 Å². The molecule has 35 heavy (non-hydrogen) atoms. The number of ether oxygens (including phenoxy) is 1. The molecule has 1 aliphatic rings. The van der Waals surface area contributed by atoms with Crippen molar-refractivity contribution in [3.05, 3.63) is 84.2 Å². The molecule has 1 fully saturated rings. The van der Waals surface area contributed by atoms with Gasteiger partial charge in [-0.3, -0.25) is 19.2 Å². The highest BCUT2D eigenvalue weighted by atomic mass is 16.5. The summed E-state index contributed by atoms with van der Waals surface area (Å²) in [7, 11) is 1.50. The van der Waals surface area contributed by atoms with Crippen molar-refractivity contribution in [2.24, 2.45) is 10.2 Å². The fourth-order valence-corrected chi connectivity index (χ4v) is 4.78. The van der Waals surface area contributed by atoms with Crippen molar-refractivity contribution in [3.8, 4) is 11.6 Å². The van der Waals surface area contributed by atoms with E-state index in [0.29, 0.717) is 18.0 Å². The van der Waals surface area contributed by atoms with Gasteiger partial charge in [-0.15, -0.1) is 10.2 Å². The maximum Gasteiger partial charge on any atom is 0.299 e. The molecule has 0 spiro atoms. The van der Waals surface area contributed by atoms with Crippen LogP contribution >= 0.6 is 0 Å². The molecule has 8 heteroatoms. The zero-order valence-corrected chi connectivity index (χ0v) is 19.5. The van der Waals surface area contributed by atoms with Crippen molar-refractivity contribution in [1.29, 1.82) is 0 Å². The second-order valence-electron chi connectivity index (χ2n) is 8.57. The van der Waals surface area contributed by atoms with E-state index in [4.69, 9.17) is 4.74 Å². The molecule has 2 aromatic carbocycles. The molecule has 1 amide bonds. The lowest BCUT2D eigenvalue weighted by Gasteiger charge is -2.36. The summed E-state index contributed by atoms with van der Waals surface area (Å²) in [6.07, 6.45) is 6.98. The molecule has 1 atom stereocenters. The summed E-state index contributed by atoms with van der Waals surface area (Å²) in [6, 6.07) is 18.8. The first kappa shape index (κ1) is 22.7. The number of azo groups is 1. The van der Waals surface area contributed by atoms with E-state index in [2.05, 4.69) is 26.2 Å². The molecule has 5 rings (SSSR count). The molecule has 0 bridgehead atoms. The number of hydrogen-bond acceptors (Lipinski definition) is 6. The van der Waals surface area contributed by atoms with Gasteiger partial charge in [-0.2, -0.15) is 0 Å². The topological polar surface area (TPSA) is 92.3 Å². The zero-order valence-electron chi connectivity index (χ0n) is 19.5. The van der Waals surface area contributed by atoms with Gasteiger partial charge in [-0.1, -0.05) is 42.8 Å². The van der Waals surface area contributed by atoms with Crippen molar-refractivity contribution in [2.45, 2.75) is 32.0 Å². The van der Waals surface area contributed by atoms with Crippen LogP contribution in [0.5, 0.6) is 11.6 Å².